The van der Waals surface area contributed by atoms with Crippen molar-refractivity contribution in [3.63, 3.8) is 0 Å². The molecule has 5 nitrogen and oxygen atoms in total. The Morgan fingerprint density at radius 2 is 1.96 bits per heavy atom. The van der Waals surface area contributed by atoms with Crippen molar-refractivity contribution >= 4 is 40.3 Å². The first-order valence-corrected chi connectivity index (χ1v) is 10.2. The number of nitrogens with one attached hydrogen (secondary N) is 1. The highest BCUT2D eigenvalue weighted by molar-refractivity contribution is 7.99. The first kappa shape index (κ1) is 18.7. The van der Waals surface area contributed by atoms with Crippen LogP contribution >= 0.6 is 23.4 Å². The van der Waals surface area contributed by atoms with E-state index in [-0.39, 0.29) is 11.7 Å². The number of thioether (sulfide) groups is 1. The van der Waals surface area contributed by atoms with Gasteiger partial charge in [0.25, 0.3) is 0 Å². The Balaban J connectivity index is 1.46. The minimum atomic E-state index is 0.0174. The Labute approximate surface area is 171 Å². The van der Waals surface area contributed by atoms with Gasteiger partial charge in [-0.15, -0.1) is 0 Å². The van der Waals surface area contributed by atoms with Gasteiger partial charge in [-0.25, -0.2) is 4.98 Å². The number of amides is 1. The van der Waals surface area contributed by atoms with Crippen LogP contribution in [0.1, 0.15) is 11.3 Å². The highest BCUT2D eigenvalue weighted by Crippen LogP contribution is 2.23. The van der Waals surface area contributed by atoms with Crippen LogP contribution in [0.4, 0.5) is 0 Å². The maximum atomic E-state index is 12.9. The summed E-state index contributed by atoms with van der Waals surface area (Å²) in [4.78, 5) is 22.4. The third-order valence-electron chi connectivity index (χ3n) is 4.25. The number of carbonyl (C=O) groups is 1. The molecule has 0 saturated heterocycles. The van der Waals surface area contributed by atoms with Gasteiger partial charge in [-0.1, -0.05) is 53.7 Å². The molecule has 0 spiro atoms. The number of furan rings is 1. The lowest BCUT2D eigenvalue weighted by atomic mass is 10.2. The van der Waals surface area contributed by atoms with Gasteiger partial charge in [0.2, 0.25) is 5.91 Å². The van der Waals surface area contributed by atoms with Gasteiger partial charge in [0.15, 0.2) is 5.16 Å². The van der Waals surface area contributed by atoms with E-state index in [9.17, 15) is 4.79 Å². The molecule has 4 rings (SSSR count). The summed E-state index contributed by atoms with van der Waals surface area (Å²) in [5.74, 6) is 1.05. The fourth-order valence-corrected chi connectivity index (χ4v) is 3.83. The molecule has 0 unspecified atom stereocenters. The second kappa shape index (κ2) is 8.54. The topological polar surface area (TPSA) is 62.1 Å². The summed E-state index contributed by atoms with van der Waals surface area (Å²) >= 11 is 7.40. The third-order valence-corrected chi connectivity index (χ3v) is 5.34. The Morgan fingerprint density at radius 3 is 2.75 bits per heavy atom. The van der Waals surface area contributed by atoms with Gasteiger partial charge < -0.3 is 14.3 Å². The molecule has 1 amide bonds. The predicted octanol–water partition coefficient (Wildman–Crippen LogP) is 5.13. The Bertz CT molecular complexity index is 1060. The molecule has 0 aliphatic carbocycles. The molecule has 4 aromatic rings. The number of carbonyl (C=O) groups excluding carboxylic acids is 1. The molecule has 7 heteroatoms. The lowest BCUT2D eigenvalue weighted by molar-refractivity contribution is -0.129. The van der Waals surface area contributed by atoms with Crippen molar-refractivity contribution < 1.29 is 9.21 Å². The summed E-state index contributed by atoms with van der Waals surface area (Å²) < 4.78 is 5.43. The number of aromatic amines is 1. The van der Waals surface area contributed by atoms with Crippen molar-refractivity contribution in [2.75, 3.05) is 5.75 Å². The molecule has 0 saturated carbocycles. The molecule has 2 aromatic heterocycles. The van der Waals surface area contributed by atoms with E-state index in [1.807, 2.05) is 54.6 Å². The van der Waals surface area contributed by atoms with E-state index >= 15 is 0 Å². The van der Waals surface area contributed by atoms with Crippen LogP contribution in [-0.4, -0.2) is 26.5 Å². The van der Waals surface area contributed by atoms with Crippen LogP contribution in [-0.2, 0) is 17.9 Å². The molecule has 0 aliphatic rings. The van der Waals surface area contributed by atoms with E-state index in [0.29, 0.717) is 23.3 Å². The molecular weight excluding hydrogens is 394 g/mol. The molecule has 0 fully saturated rings. The van der Waals surface area contributed by atoms with Gasteiger partial charge in [0, 0.05) is 11.6 Å². The average Bonchev–Trinajstić information content (AvgIpc) is 3.35. The minimum absolute atomic E-state index is 0.0174. The van der Waals surface area contributed by atoms with Gasteiger partial charge in [-0.2, -0.15) is 0 Å². The van der Waals surface area contributed by atoms with Gasteiger partial charge in [-0.3, -0.25) is 4.79 Å². The van der Waals surface area contributed by atoms with Gasteiger partial charge in [0.05, 0.1) is 29.6 Å². The molecule has 0 atom stereocenters. The smallest absolute Gasteiger partial charge is 0.233 e. The zero-order valence-electron chi connectivity index (χ0n) is 15.0. The largest absolute Gasteiger partial charge is 0.467 e. The Morgan fingerprint density at radius 1 is 1.11 bits per heavy atom. The monoisotopic (exact) mass is 411 g/mol. The maximum absolute atomic E-state index is 12.9. The van der Waals surface area contributed by atoms with Crippen LogP contribution in [0.5, 0.6) is 0 Å². The maximum Gasteiger partial charge on any atom is 0.233 e. The summed E-state index contributed by atoms with van der Waals surface area (Å²) in [7, 11) is 0. The van der Waals surface area contributed by atoms with Crippen molar-refractivity contribution in [2.45, 2.75) is 18.2 Å². The van der Waals surface area contributed by atoms with Gasteiger partial charge in [0.1, 0.15) is 5.76 Å². The first-order chi connectivity index (χ1) is 13.7. The number of imidazole rings is 1. The van der Waals surface area contributed by atoms with E-state index < -0.39 is 0 Å². The summed E-state index contributed by atoms with van der Waals surface area (Å²) in [6, 6.07) is 19.1. The van der Waals surface area contributed by atoms with Crippen molar-refractivity contribution in [1.82, 2.24) is 14.9 Å². The molecule has 1 N–H and O–H groups in total. The van der Waals surface area contributed by atoms with E-state index in [0.717, 1.165) is 22.4 Å². The van der Waals surface area contributed by atoms with Gasteiger partial charge >= 0.3 is 0 Å². The summed E-state index contributed by atoms with van der Waals surface area (Å²) in [6.45, 7) is 0.952. The molecule has 2 heterocycles. The van der Waals surface area contributed by atoms with Crippen LogP contribution in [0.3, 0.4) is 0 Å². The lowest BCUT2D eigenvalue weighted by Crippen LogP contribution is -2.31. The van der Waals surface area contributed by atoms with Crippen molar-refractivity contribution in [1.29, 1.82) is 0 Å². The molecular formula is C21H18ClN3O2S. The van der Waals surface area contributed by atoms with Crippen LogP contribution in [0.2, 0.25) is 5.02 Å². The number of rotatable bonds is 7. The predicted molar refractivity (Wildman–Crippen MR) is 111 cm³/mol. The molecule has 2 aromatic carbocycles. The second-order valence-corrected chi connectivity index (χ2v) is 7.71. The third kappa shape index (κ3) is 4.58. The van der Waals surface area contributed by atoms with Crippen LogP contribution in [0.25, 0.3) is 11.0 Å². The molecule has 28 heavy (non-hydrogen) atoms. The van der Waals surface area contributed by atoms with Crippen molar-refractivity contribution in [3.05, 3.63) is 83.3 Å². The zero-order valence-corrected chi connectivity index (χ0v) is 16.5. The normalized spacial score (nSPS) is 11.0. The fourth-order valence-electron chi connectivity index (χ4n) is 2.87. The molecule has 0 bridgehead atoms. The lowest BCUT2D eigenvalue weighted by Gasteiger charge is -2.21. The van der Waals surface area contributed by atoms with Crippen molar-refractivity contribution in [3.8, 4) is 0 Å². The van der Waals surface area contributed by atoms with Gasteiger partial charge in [-0.05, 0) is 35.9 Å². The molecule has 0 radical (unpaired) electrons. The number of hydrogen-bond acceptors (Lipinski definition) is 4. The summed E-state index contributed by atoms with van der Waals surface area (Å²) in [6.07, 6.45) is 1.62. The number of H-pyrrole nitrogens is 1. The number of benzene rings is 2. The van der Waals surface area contributed by atoms with E-state index in [1.54, 1.807) is 17.2 Å². The van der Waals surface area contributed by atoms with Crippen LogP contribution in [0, 0.1) is 0 Å². The second-order valence-electron chi connectivity index (χ2n) is 6.31. The minimum Gasteiger partial charge on any atom is -0.467 e. The number of hydrogen-bond donors (Lipinski definition) is 1. The molecule has 0 aliphatic heterocycles. The number of fused-ring (bicyclic) bond motifs is 1. The van der Waals surface area contributed by atoms with E-state index in [2.05, 4.69) is 9.97 Å². The number of nitrogens with zero attached hydrogens (tertiary/aromatic N) is 2. The summed E-state index contributed by atoms with van der Waals surface area (Å²) in [5.41, 5.74) is 2.76. The van der Waals surface area contributed by atoms with Crippen LogP contribution < -0.4 is 0 Å². The Kier molecular flexibility index (Phi) is 5.69. The average molecular weight is 412 g/mol. The number of aromatic nitrogens is 2. The standard InChI is InChI=1S/C21H18ClN3O2S/c22-16-8-9-18-19(11-16)24-21(23-18)28-14-20(26)25(13-17-7-4-10-27-17)12-15-5-2-1-3-6-15/h1-11H,12-14H2,(H,23,24). The van der Waals surface area contributed by atoms with Crippen molar-refractivity contribution in [2.24, 2.45) is 0 Å². The molecule has 142 valence electrons. The first-order valence-electron chi connectivity index (χ1n) is 8.79. The number of halogens is 1. The summed E-state index contributed by atoms with van der Waals surface area (Å²) in [5, 5.41) is 1.35. The SMILES string of the molecule is O=C(CSc1nc2ccc(Cl)cc2[nH]1)N(Cc1ccccc1)Cc1ccco1. The Hall–Kier alpha value is -2.70. The van der Waals surface area contributed by atoms with E-state index in [1.165, 1.54) is 11.8 Å². The quantitative estimate of drug-likeness (QED) is 0.428. The highest BCUT2D eigenvalue weighted by Gasteiger charge is 2.17. The van der Waals surface area contributed by atoms with Crippen LogP contribution in [0.15, 0.2) is 76.5 Å². The van der Waals surface area contributed by atoms with E-state index in [4.69, 9.17) is 16.0 Å². The fraction of sp³-hybridized carbons (Fsp3) is 0.143. The zero-order chi connectivity index (χ0) is 19.3. The highest BCUT2D eigenvalue weighted by atomic mass is 35.5.